The number of hydrogen-bond donors (Lipinski definition) is 2. The molecular formula is C42H54N6O7. The second kappa shape index (κ2) is 18.3. The number of aromatic hydroxyl groups is 1. The summed E-state index contributed by atoms with van der Waals surface area (Å²) in [6, 6.07) is 14.8. The van der Waals surface area contributed by atoms with Crippen LogP contribution in [0.4, 0.5) is 21.1 Å². The molecule has 13 nitrogen and oxygen atoms in total. The summed E-state index contributed by atoms with van der Waals surface area (Å²) in [7, 11) is 0. The Morgan fingerprint density at radius 3 is 2.33 bits per heavy atom. The summed E-state index contributed by atoms with van der Waals surface area (Å²) >= 11 is 0. The van der Waals surface area contributed by atoms with Crippen molar-refractivity contribution in [3.8, 4) is 5.75 Å². The molecule has 1 atom stereocenters. The van der Waals surface area contributed by atoms with Crippen molar-refractivity contribution in [1.29, 1.82) is 0 Å². The van der Waals surface area contributed by atoms with Gasteiger partial charge in [-0.15, -0.1) is 0 Å². The topological polar surface area (TPSA) is 145 Å². The largest absolute Gasteiger partial charge is 0.507 e. The minimum atomic E-state index is -1.07. The SMILES string of the molecule is CCCCCCOC(=O)c1ccc(N2CCN(C(=O)[C@@H](Cc3cc(C)c(O)c(C)c3)OC(=O)N3CCC(N4CCc5ccccc5NC4=O)CC3)CC2)nc1. The molecule has 3 aromatic rings. The van der Waals surface area contributed by atoms with Gasteiger partial charge in [-0.25, -0.2) is 19.4 Å². The molecule has 0 unspecified atom stereocenters. The highest BCUT2D eigenvalue weighted by molar-refractivity contribution is 5.91. The van der Waals surface area contributed by atoms with E-state index in [9.17, 15) is 24.3 Å². The molecule has 2 aromatic carbocycles. The Morgan fingerprint density at radius 1 is 0.909 bits per heavy atom. The zero-order valence-electron chi connectivity index (χ0n) is 32.3. The predicted octanol–water partition coefficient (Wildman–Crippen LogP) is 6.09. The number of pyridine rings is 1. The number of esters is 1. The van der Waals surface area contributed by atoms with Crippen LogP contribution >= 0.6 is 0 Å². The first-order chi connectivity index (χ1) is 26.6. The van der Waals surface area contributed by atoms with Crippen molar-refractivity contribution in [2.45, 2.75) is 84.3 Å². The molecule has 55 heavy (non-hydrogen) atoms. The van der Waals surface area contributed by atoms with Crippen LogP contribution in [0.2, 0.25) is 0 Å². The summed E-state index contributed by atoms with van der Waals surface area (Å²) in [5.74, 6) is 0.240. The van der Waals surface area contributed by atoms with Gasteiger partial charge in [-0.3, -0.25) is 4.79 Å². The molecule has 4 heterocycles. The van der Waals surface area contributed by atoms with Crippen LogP contribution in [0.5, 0.6) is 5.75 Å². The van der Waals surface area contributed by atoms with Crippen LogP contribution in [0.3, 0.4) is 0 Å². The van der Waals surface area contributed by atoms with Crippen LogP contribution in [0.25, 0.3) is 0 Å². The molecule has 0 bridgehead atoms. The molecule has 6 rings (SSSR count). The molecule has 0 saturated carbocycles. The smallest absolute Gasteiger partial charge is 0.410 e. The highest BCUT2D eigenvalue weighted by Crippen LogP contribution is 2.27. The minimum absolute atomic E-state index is 0.0186. The Labute approximate surface area is 323 Å². The Morgan fingerprint density at radius 2 is 1.64 bits per heavy atom. The number of piperidine rings is 1. The number of ether oxygens (including phenoxy) is 2. The summed E-state index contributed by atoms with van der Waals surface area (Å²) in [6.07, 6.45) is 6.14. The first-order valence-corrected chi connectivity index (χ1v) is 19.7. The molecule has 2 N–H and O–H groups in total. The number of para-hydroxylation sites is 1. The number of likely N-dealkylation sites (tertiary alicyclic amines) is 1. The Kier molecular flexibility index (Phi) is 13.1. The number of urea groups is 1. The summed E-state index contributed by atoms with van der Waals surface area (Å²) in [4.78, 5) is 65.2. The quantitative estimate of drug-likeness (QED) is 0.166. The highest BCUT2D eigenvalue weighted by atomic mass is 16.6. The standard InChI is InChI=1S/C42H54N6O7/c1-4-5-6-9-24-54-40(51)33-12-13-37(43-28-33)45-20-22-46(23-21-45)39(50)36(27-31-25-29(2)38(49)30(3)26-31)55-42(53)47-17-15-34(16-18-47)48-19-14-32-10-7-8-11-35(32)44-41(48)52/h7-8,10-13,25-26,28,34,36,49H,4-6,9,14-24,27H2,1-3H3,(H,44,52)/t36-/m1/s1. The van der Waals surface area contributed by atoms with E-state index in [0.717, 1.165) is 48.9 Å². The monoisotopic (exact) mass is 754 g/mol. The van der Waals surface area contributed by atoms with Crippen molar-refractivity contribution in [2.75, 3.05) is 62.6 Å². The Hall–Kier alpha value is -5.33. The molecule has 3 aliphatic heterocycles. The number of anilines is 2. The number of aryl methyl sites for hydroxylation is 2. The molecule has 2 saturated heterocycles. The van der Waals surface area contributed by atoms with Crippen molar-refractivity contribution in [1.82, 2.24) is 19.7 Å². The molecule has 3 aliphatic rings. The first kappa shape index (κ1) is 39.4. The number of phenols is 1. The van der Waals surface area contributed by atoms with Crippen molar-refractivity contribution in [3.63, 3.8) is 0 Å². The first-order valence-electron chi connectivity index (χ1n) is 19.7. The van der Waals surface area contributed by atoms with Crippen LogP contribution in [-0.2, 0) is 27.1 Å². The number of carbonyl (C=O) groups excluding carboxylic acids is 4. The molecule has 2 fully saturated rings. The van der Waals surface area contributed by atoms with Crippen LogP contribution in [0.15, 0.2) is 54.7 Å². The Balaban J connectivity index is 1.05. The molecule has 0 spiro atoms. The fraction of sp³-hybridized carbons (Fsp3) is 0.500. The molecule has 294 valence electrons. The lowest BCUT2D eigenvalue weighted by atomic mass is 10.0. The maximum absolute atomic E-state index is 14.1. The molecule has 0 aliphatic carbocycles. The van der Waals surface area contributed by atoms with Gasteiger partial charge in [0.2, 0.25) is 0 Å². The second-order valence-corrected chi connectivity index (χ2v) is 14.8. The zero-order valence-corrected chi connectivity index (χ0v) is 32.3. The van der Waals surface area contributed by atoms with Crippen molar-refractivity contribution >= 4 is 35.5 Å². The van der Waals surface area contributed by atoms with Crippen LogP contribution in [-0.4, -0.2) is 113 Å². The maximum atomic E-state index is 14.1. The number of rotatable bonds is 12. The number of carbonyl (C=O) groups is 4. The number of piperazine rings is 1. The van der Waals surface area contributed by atoms with E-state index in [4.69, 9.17) is 9.47 Å². The maximum Gasteiger partial charge on any atom is 0.410 e. The number of nitrogens with zero attached hydrogens (tertiary/aromatic N) is 5. The van der Waals surface area contributed by atoms with Crippen LogP contribution < -0.4 is 10.2 Å². The molecular weight excluding hydrogens is 700 g/mol. The van der Waals surface area contributed by atoms with Gasteiger partial charge < -0.3 is 39.5 Å². The van der Waals surface area contributed by atoms with Crippen LogP contribution in [0.1, 0.15) is 78.1 Å². The number of aromatic nitrogens is 1. The van der Waals surface area contributed by atoms with Gasteiger partial charge >= 0.3 is 18.1 Å². The molecule has 1 aromatic heterocycles. The van der Waals surface area contributed by atoms with Gasteiger partial charge in [0.25, 0.3) is 5.91 Å². The average Bonchev–Trinajstić information content (AvgIpc) is 3.37. The number of fused-ring (bicyclic) bond motifs is 1. The van der Waals surface area contributed by atoms with E-state index in [1.165, 1.54) is 6.20 Å². The summed E-state index contributed by atoms with van der Waals surface area (Å²) in [5.41, 5.74) is 4.50. The summed E-state index contributed by atoms with van der Waals surface area (Å²) < 4.78 is 11.4. The van der Waals surface area contributed by atoms with Crippen molar-refractivity contribution < 1.29 is 33.8 Å². The number of hydrogen-bond acceptors (Lipinski definition) is 9. The van der Waals surface area contributed by atoms with E-state index >= 15 is 0 Å². The lowest BCUT2D eigenvalue weighted by Crippen LogP contribution is -2.54. The number of nitrogens with one attached hydrogen (secondary N) is 1. The van der Waals surface area contributed by atoms with Crippen molar-refractivity contribution in [2.24, 2.45) is 0 Å². The average molecular weight is 755 g/mol. The number of unbranched alkanes of at least 4 members (excludes halogenated alkanes) is 3. The van der Waals surface area contributed by atoms with Crippen LogP contribution in [0, 0.1) is 13.8 Å². The van der Waals surface area contributed by atoms with Gasteiger partial charge in [0.05, 0.1) is 12.2 Å². The van der Waals surface area contributed by atoms with Gasteiger partial charge in [0.15, 0.2) is 6.10 Å². The van der Waals surface area contributed by atoms with Gasteiger partial charge in [-0.1, -0.05) is 56.5 Å². The van der Waals surface area contributed by atoms with Gasteiger partial charge in [-0.2, -0.15) is 0 Å². The fourth-order valence-electron chi connectivity index (χ4n) is 7.68. The third-order valence-electron chi connectivity index (χ3n) is 10.9. The second-order valence-electron chi connectivity index (χ2n) is 14.8. The molecule has 4 amide bonds. The number of benzene rings is 2. The van der Waals surface area contributed by atoms with Gasteiger partial charge in [-0.05, 0) is 80.0 Å². The Bertz CT molecular complexity index is 1800. The predicted molar refractivity (Wildman–Crippen MR) is 209 cm³/mol. The summed E-state index contributed by atoms with van der Waals surface area (Å²) in [5, 5.41) is 13.4. The normalized spacial score (nSPS) is 16.9. The molecule has 13 heteroatoms. The molecule has 0 radical (unpaired) electrons. The fourth-order valence-corrected chi connectivity index (χ4v) is 7.68. The van der Waals surface area contributed by atoms with E-state index in [-0.39, 0.29) is 36.1 Å². The van der Waals surface area contributed by atoms with E-state index < -0.39 is 12.2 Å². The third-order valence-corrected chi connectivity index (χ3v) is 10.9. The third kappa shape index (κ3) is 9.86. The number of amides is 4. The van der Waals surface area contributed by atoms with E-state index in [2.05, 4.69) is 22.1 Å². The van der Waals surface area contributed by atoms with E-state index in [0.29, 0.717) is 87.8 Å². The lowest BCUT2D eigenvalue weighted by molar-refractivity contribution is -0.141. The summed E-state index contributed by atoms with van der Waals surface area (Å²) in [6.45, 7) is 9.38. The van der Waals surface area contributed by atoms with Gasteiger partial charge in [0.1, 0.15) is 11.6 Å². The zero-order chi connectivity index (χ0) is 38.9. The lowest BCUT2D eigenvalue weighted by Gasteiger charge is -2.39. The van der Waals surface area contributed by atoms with E-state index in [1.807, 2.05) is 41.3 Å². The highest BCUT2D eigenvalue weighted by Gasteiger charge is 2.35. The van der Waals surface area contributed by atoms with Gasteiger partial charge in [0, 0.05) is 70.2 Å². The minimum Gasteiger partial charge on any atom is -0.507 e. The van der Waals surface area contributed by atoms with Crippen molar-refractivity contribution in [3.05, 3.63) is 82.5 Å². The van der Waals surface area contributed by atoms with E-state index in [1.54, 1.807) is 35.8 Å². The number of phenolic OH excluding ortho intramolecular Hbond substituents is 1.